The lowest BCUT2D eigenvalue weighted by atomic mass is 10.3. The second-order valence-corrected chi connectivity index (χ2v) is 4.14. The third kappa shape index (κ3) is 0.970. The van der Waals surface area contributed by atoms with Gasteiger partial charge in [0.15, 0.2) is 5.65 Å². The van der Waals surface area contributed by atoms with E-state index in [0.717, 1.165) is 16.9 Å². The zero-order valence-electron chi connectivity index (χ0n) is 9.33. The maximum Gasteiger partial charge on any atom is 0.217 e. The van der Waals surface area contributed by atoms with Gasteiger partial charge in [-0.25, -0.2) is 4.98 Å². The van der Waals surface area contributed by atoms with Crippen LogP contribution in [0.4, 0.5) is 0 Å². The van der Waals surface area contributed by atoms with Crippen LogP contribution in [-0.2, 0) is 7.05 Å². The van der Waals surface area contributed by atoms with E-state index in [-0.39, 0.29) is 0 Å². The first-order valence-electron chi connectivity index (χ1n) is 5.53. The molecule has 0 saturated carbocycles. The van der Waals surface area contributed by atoms with Gasteiger partial charge in [0.2, 0.25) is 5.78 Å². The van der Waals surface area contributed by atoms with Crippen LogP contribution in [0.3, 0.4) is 0 Å². The fourth-order valence-electron chi connectivity index (χ4n) is 2.41. The summed E-state index contributed by atoms with van der Waals surface area (Å²) in [6, 6.07) is 12.3. The topological polar surface area (TPSA) is 35.1 Å². The number of hydrogen-bond donors (Lipinski definition) is 0. The second kappa shape index (κ2) is 2.85. The minimum atomic E-state index is 0.795. The Morgan fingerprint density at radius 2 is 1.71 bits per heavy atom. The molecule has 3 heterocycles. The molecule has 82 valence electrons. The van der Waals surface area contributed by atoms with E-state index in [1.165, 1.54) is 11.0 Å². The average molecular weight is 222 g/mol. The van der Waals surface area contributed by atoms with Crippen LogP contribution in [0.25, 0.3) is 28.0 Å². The lowest BCUT2D eigenvalue weighted by molar-refractivity contribution is 0.973. The van der Waals surface area contributed by atoms with Gasteiger partial charge >= 0.3 is 0 Å². The van der Waals surface area contributed by atoms with E-state index >= 15 is 0 Å². The van der Waals surface area contributed by atoms with Gasteiger partial charge in [-0.1, -0.05) is 12.1 Å². The van der Waals surface area contributed by atoms with E-state index in [0.29, 0.717) is 0 Å². The lowest BCUT2D eigenvalue weighted by Gasteiger charge is -1.93. The molecule has 0 amide bonds. The molecule has 17 heavy (non-hydrogen) atoms. The highest BCUT2D eigenvalue weighted by molar-refractivity contribution is 5.88. The van der Waals surface area contributed by atoms with Gasteiger partial charge in [-0.05, 0) is 24.3 Å². The van der Waals surface area contributed by atoms with Gasteiger partial charge in [0.05, 0.1) is 16.6 Å². The summed E-state index contributed by atoms with van der Waals surface area (Å²) < 4.78 is 4.24. The zero-order chi connectivity index (χ0) is 11.4. The van der Waals surface area contributed by atoms with E-state index in [9.17, 15) is 0 Å². The van der Waals surface area contributed by atoms with Gasteiger partial charge in [-0.3, -0.25) is 4.40 Å². The summed E-state index contributed by atoms with van der Waals surface area (Å²) in [5.74, 6) is 0.930. The van der Waals surface area contributed by atoms with Gasteiger partial charge < -0.3 is 4.57 Å². The Morgan fingerprint density at radius 1 is 0.941 bits per heavy atom. The number of aryl methyl sites for hydroxylation is 1. The van der Waals surface area contributed by atoms with Gasteiger partial charge in [0.25, 0.3) is 0 Å². The molecule has 0 bridgehead atoms. The van der Waals surface area contributed by atoms with Gasteiger partial charge in [0, 0.05) is 13.2 Å². The molecule has 0 radical (unpaired) electrons. The second-order valence-electron chi connectivity index (χ2n) is 4.14. The van der Waals surface area contributed by atoms with Crippen molar-refractivity contribution < 1.29 is 0 Å². The first-order chi connectivity index (χ1) is 8.36. The SMILES string of the molecule is Cn1c2ccccc2n2c3cccnc3nc12. The van der Waals surface area contributed by atoms with Crippen molar-refractivity contribution in [3.05, 3.63) is 42.6 Å². The van der Waals surface area contributed by atoms with Crippen LogP contribution < -0.4 is 0 Å². The number of aromatic nitrogens is 4. The van der Waals surface area contributed by atoms with Crippen molar-refractivity contribution in [3.63, 3.8) is 0 Å². The number of benzene rings is 1. The first-order valence-corrected chi connectivity index (χ1v) is 5.53. The largest absolute Gasteiger partial charge is 0.313 e. The Hall–Kier alpha value is -2.36. The van der Waals surface area contributed by atoms with Crippen molar-refractivity contribution in [2.75, 3.05) is 0 Å². The van der Waals surface area contributed by atoms with Crippen LogP contribution >= 0.6 is 0 Å². The number of pyridine rings is 1. The van der Waals surface area contributed by atoms with Crippen LogP contribution in [0, 0.1) is 0 Å². The van der Waals surface area contributed by atoms with Crippen molar-refractivity contribution in [2.45, 2.75) is 0 Å². The van der Waals surface area contributed by atoms with E-state index in [4.69, 9.17) is 0 Å². The number of hydrogen-bond acceptors (Lipinski definition) is 2. The normalized spacial score (nSPS) is 11.8. The van der Waals surface area contributed by atoms with Crippen molar-refractivity contribution in [1.82, 2.24) is 18.9 Å². The van der Waals surface area contributed by atoms with Crippen molar-refractivity contribution in [1.29, 1.82) is 0 Å². The zero-order valence-corrected chi connectivity index (χ0v) is 9.33. The van der Waals surface area contributed by atoms with Crippen molar-refractivity contribution >= 4 is 28.0 Å². The molecule has 0 saturated heterocycles. The smallest absolute Gasteiger partial charge is 0.217 e. The van der Waals surface area contributed by atoms with Crippen LogP contribution in [0.2, 0.25) is 0 Å². The molecular formula is C13H10N4. The molecule has 0 aliphatic rings. The monoisotopic (exact) mass is 222 g/mol. The quantitative estimate of drug-likeness (QED) is 0.458. The minimum absolute atomic E-state index is 0.795. The third-order valence-corrected chi connectivity index (χ3v) is 3.20. The molecule has 3 aromatic heterocycles. The fraction of sp³-hybridized carbons (Fsp3) is 0.0769. The molecule has 4 rings (SSSR count). The van der Waals surface area contributed by atoms with Crippen LogP contribution in [0.1, 0.15) is 0 Å². The summed E-state index contributed by atoms with van der Waals surface area (Å²) >= 11 is 0. The molecule has 4 aromatic rings. The summed E-state index contributed by atoms with van der Waals surface area (Å²) in [7, 11) is 2.03. The van der Waals surface area contributed by atoms with Gasteiger partial charge in [0.1, 0.15) is 0 Å². The lowest BCUT2D eigenvalue weighted by Crippen LogP contribution is -1.87. The first kappa shape index (κ1) is 8.75. The average Bonchev–Trinajstić information content (AvgIpc) is 2.88. The number of imidazole rings is 2. The third-order valence-electron chi connectivity index (χ3n) is 3.20. The summed E-state index contributed by atoms with van der Waals surface area (Å²) in [4.78, 5) is 8.86. The van der Waals surface area contributed by atoms with E-state index < -0.39 is 0 Å². The summed E-state index contributed by atoms with van der Waals surface area (Å²) in [6.45, 7) is 0. The molecule has 4 heteroatoms. The molecule has 0 atom stereocenters. The number of para-hydroxylation sites is 2. The Balaban J connectivity index is 2.41. The van der Waals surface area contributed by atoms with Gasteiger partial charge in [-0.15, -0.1) is 0 Å². The maximum absolute atomic E-state index is 4.57. The van der Waals surface area contributed by atoms with Crippen molar-refractivity contribution in [2.24, 2.45) is 7.05 Å². The summed E-state index contributed by atoms with van der Waals surface area (Å²) in [6.07, 6.45) is 1.77. The highest BCUT2D eigenvalue weighted by Crippen LogP contribution is 2.23. The Labute approximate surface area is 97.1 Å². The van der Waals surface area contributed by atoms with E-state index in [1.807, 2.05) is 25.2 Å². The number of fused-ring (bicyclic) bond motifs is 5. The molecule has 4 nitrogen and oxygen atoms in total. The molecule has 0 aliphatic heterocycles. The molecule has 1 aromatic carbocycles. The Bertz CT molecular complexity index is 854. The van der Waals surface area contributed by atoms with Crippen molar-refractivity contribution in [3.8, 4) is 0 Å². The number of rotatable bonds is 0. The molecular weight excluding hydrogens is 212 g/mol. The Kier molecular flexibility index (Phi) is 1.47. The maximum atomic E-state index is 4.57. The standard InChI is InChI=1S/C13H10N4/c1-16-9-5-2-3-6-10(9)17-11-7-4-8-14-12(11)15-13(16)17/h2-8H,1H3. The highest BCUT2D eigenvalue weighted by Gasteiger charge is 2.12. The molecule has 0 aliphatic carbocycles. The predicted octanol–water partition coefficient (Wildman–Crippen LogP) is 2.37. The molecule has 0 spiro atoms. The van der Waals surface area contributed by atoms with E-state index in [2.05, 4.69) is 37.1 Å². The van der Waals surface area contributed by atoms with Crippen LogP contribution in [0.15, 0.2) is 42.6 Å². The molecule has 0 unspecified atom stereocenters. The van der Waals surface area contributed by atoms with Crippen LogP contribution in [-0.4, -0.2) is 18.9 Å². The Morgan fingerprint density at radius 3 is 2.59 bits per heavy atom. The highest BCUT2D eigenvalue weighted by atomic mass is 15.2. The summed E-state index contributed by atoms with van der Waals surface area (Å²) in [5.41, 5.74) is 4.20. The predicted molar refractivity (Wildman–Crippen MR) is 67.0 cm³/mol. The molecule has 0 fully saturated rings. The summed E-state index contributed by atoms with van der Waals surface area (Å²) in [5, 5.41) is 0. The fourth-order valence-corrected chi connectivity index (χ4v) is 2.41. The van der Waals surface area contributed by atoms with Crippen LogP contribution in [0.5, 0.6) is 0 Å². The molecule has 0 N–H and O–H groups in total. The minimum Gasteiger partial charge on any atom is -0.313 e. The van der Waals surface area contributed by atoms with Gasteiger partial charge in [-0.2, -0.15) is 4.98 Å². The van der Waals surface area contributed by atoms with E-state index in [1.54, 1.807) is 6.20 Å². The number of nitrogens with zero attached hydrogens (tertiary/aromatic N) is 4.